The SMILES string of the molecule is CC(C)c1cc(C(=O)O)cc(NC(C)c2ccccn2)n1. The Morgan fingerprint density at radius 2 is 1.95 bits per heavy atom. The lowest BCUT2D eigenvalue weighted by Gasteiger charge is -2.16. The summed E-state index contributed by atoms with van der Waals surface area (Å²) in [6.07, 6.45) is 1.73. The molecule has 5 heteroatoms. The van der Waals surface area contributed by atoms with Crippen molar-refractivity contribution in [2.75, 3.05) is 5.32 Å². The quantitative estimate of drug-likeness (QED) is 0.879. The minimum atomic E-state index is -0.951. The molecule has 0 saturated heterocycles. The first-order valence-corrected chi connectivity index (χ1v) is 6.90. The van der Waals surface area contributed by atoms with Crippen molar-refractivity contribution in [1.82, 2.24) is 9.97 Å². The van der Waals surface area contributed by atoms with Crippen molar-refractivity contribution in [2.45, 2.75) is 32.7 Å². The number of carboxylic acids is 1. The summed E-state index contributed by atoms with van der Waals surface area (Å²) in [5.74, 6) is -0.236. The number of nitrogens with one attached hydrogen (secondary N) is 1. The van der Waals surface area contributed by atoms with Crippen molar-refractivity contribution >= 4 is 11.8 Å². The van der Waals surface area contributed by atoms with Crippen LogP contribution in [0, 0.1) is 0 Å². The molecule has 2 N–H and O–H groups in total. The predicted octanol–water partition coefficient (Wildman–Crippen LogP) is 3.47. The zero-order valence-corrected chi connectivity index (χ0v) is 12.4. The largest absolute Gasteiger partial charge is 0.478 e. The zero-order chi connectivity index (χ0) is 15.4. The second-order valence-corrected chi connectivity index (χ2v) is 5.25. The van der Waals surface area contributed by atoms with E-state index in [-0.39, 0.29) is 17.5 Å². The zero-order valence-electron chi connectivity index (χ0n) is 12.4. The minimum Gasteiger partial charge on any atom is -0.478 e. The molecular formula is C16H19N3O2. The Kier molecular flexibility index (Phi) is 4.52. The molecule has 21 heavy (non-hydrogen) atoms. The highest BCUT2D eigenvalue weighted by Gasteiger charge is 2.13. The van der Waals surface area contributed by atoms with E-state index in [1.165, 1.54) is 0 Å². The van der Waals surface area contributed by atoms with E-state index in [2.05, 4.69) is 15.3 Å². The molecule has 0 amide bonds. The van der Waals surface area contributed by atoms with Crippen LogP contribution < -0.4 is 5.32 Å². The molecule has 0 aromatic carbocycles. The third-order valence-electron chi connectivity index (χ3n) is 3.18. The number of rotatable bonds is 5. The first-order valence-electron chi connectivity index (χ1n) is 6.90. The molecule has 2 rings (SSSR count). The van der Waals surface area contributed by atoms with Gasteiger partial charge in [-0.1, -0.05) is 19.9 Å². The van der Waals surface area contributed by atoms with Crippen LogP contribution in [0.15, 0.2) is 36.5 Å². The van der Waals surface area contributed by atoms with Gasteiger partial charge in [0.25, 0.3) is 0 Å². The van der Waals surface area contributed by atoms with Crippen molar-refractivity contribution in [3.8, 4) is 0 Å². The summed E-state index contributed by atoms with van der Waals surface area (Å²) in [7, 11) is 0. The number of carbonyl (C=O) groups is 1. The van der Waals surface area contributed by atoms with Crippen LogP contribution in [0.4, 0.5) is 5.82 Å². The molecule has 0 aliphatic rings. The molecule has 0 radical (unpaired) electrons. The topological polar surface area (TPSA) is 75.1 Å². The van der Waals surface area contributed by atoms with Gasteiger partial charge in [-0.3, -0.25) is 4.98 Å². The van der Waals surface area contributed by atoms with Gasteiger partial charge in [0.05, 0.1) is 17.3 Å². The summed E-state index contributed by atoms with van der Waals surface area (Å²) in [5.41, 5.74) is 1.88. The number of aromatic carboxylic acids is 1. The predicted molar refractivity (Wildman–Crippen MR) is 81.6 cm³/mol. The van der Waals surface area contributed by atoms with E-state index < -0.39 is 5.97 Å². The van der Waals surface area contributed by atoms with Crippen LogP contribution in [-0.2, 0) is 0 Å². The molecule has 2 aromatic rings. The van der Waals surface area contributed by atoms with E-state index >= 15 is 0 Å². The summed E-state index contributed by atoms with van der Waals surface area (Å²) < 4.78 is 0. The van der Waals surface area contributed by atoms with Gasteiger partial charge in [0, 0.05) is 11.9 Å². The van der Waals surface area contributed by atoms with Gasteiger partial charge >= 0.3 is 5.97 Å². The number of anilines is 1. The van der Waals surface area contributed by atoms with E-state index in [1.54, 1.807) is 18.3 Å². The standard InChI is InChI=1S/C16H19N3O2/c1-10(2)14-8-12(16(20)21)9-15(19-14)18-11(3)13-6-4-5-7-17-13/h4-11H,1-3H3,(H,18,19)(H,20,21). The highest BCUT2D eigenvalue weighted by molar-refractivity contribution is 5.88. The molecular weight excluding hydrogens is 266 g/mol. The second kappa shape index (κ2) is 6.35. The summed E-state index contributed by atoms with van der Waals surface area (Å²) in [4.78, 5) is 20.0. The Bertz CT molecular complexity index is 627. The fourth-order valence-corrected chi connectivity index (χ4v) is 1.97. The Balaban J connectivity index is 2.29. The third kappa shape index (κ3) is 3.78. The molecule has 2 heterocycles. The maximum absolute atomic E-state index is 11.2. The van der Waals surface area contributed by atoms with Crippen molar-refractivity contribution in [3.63, 3.8) is 0 Å². The average molecular weight is 285 g/mol. The van der Waals surface area contributed by atoms with Crippen molar-refractivity contribution < 1.29 is 9.90 Å². The number of hydrogen-bond donors (Lipinski definition) is 2. The van der Waals surface area contributed by atoms with Gasteiger partial charge in [0.2, 0.25) is 0 Å². The number of hydrogen-bond acceptors (Lipinski definition) is 4. The molecule has 1 atom stereocenters. The van der Waals surface area contributed by atoms with Crippen LogP contribution in [0.1, 0.15) is 54.5 Å². The Labute approximate surface area is 124 Å². The lowest BCUT2D eigenvalue weighted by molar-refractivity contribution is 0.0696. The molecule has 110 valence electrons. The summed E-state index contributed by atoms with van der Waals surface area (Å²) >= 11 is 0. The Morgan fingerprint density at radius 1 is 1.19 bits per heavy atom. The molecule has 5 nitrogen and oxygen atoms in total. The Morgan fingerprint density at radius 3 is 2.52 bits per heavy atom. The number of nitrogens with zero attached hydrogens (tertiary/aromatic N) is 2. The van der Waals surface area contributed by atoms with Crippen molar-refractivity contribution in [2.24, 2.45) is 0 Å². The van der Waals surface area contributed by atoms with E-state index in [4.69, 9.17) is 0 Å². The lowest BCUT2D eigenvalue weighted by Crippen LogP contribution is -2.12. The highest BCUT2D eigenvalue weighted by atomic mass is 16.4. The van der Waals surface area contributed by atoms with E-state index in [0.717, 1.165) is 11.4 Å². The molecule has 0 aliphatic heterocycles. The smallest absolute Gasteiger partial charge is 0.335 e. The molecule has 0 saturated carbocycles. The summed E-state index contributed by atoms with van der Waals surface area (Å²) in [6, 6.07) is 8.81. The van der Waals surface area contributed by atoms with E-state index in [1.807, 2.05) is 39.0 Å². The summed E-state index contributed by atoms with van der Waals surface area (Å²) in [6.45, 7) is 5.94. The van der Waals surface area contributed by atoms with E-state index in [0.29, 0.717) is 5.82 Å². The highest BCUT2D eigenvalue weighted by Crippen LogP contribution is 2.21. The molecule has 0 bridgehead atoms. The van der Waals surface area contributed by atoms with Crippen LogP contribution in [0.5, 0.6) is 0 Å². The number of aromatic nitrogens is 2. The molecule has 1 unspecified atom stereocenters. The van der Waals surface area contributed by atoms with Crippen LogP contribution in [0.2, 0.25) is 0 Å². The fourth-order valence-electron chi connectivity index (χ4n) is 1.97. The molecule has 0 spiro atoms. The van der Waals surface area contributed by atoms with Crippen LogP contribution in [0.3, 0.4) is 0 Å². The molecule has 2 aromatic heterocycles. The minimum absolute atomic E-state index is 0.0530. The van der Waals surface area contributed by atoms with Gasteiger partial charge in [-0.15, -0.1) is 0 Å². The van der Waals surface area contributed by atoms with Gasteiger partial charge in [-0.25, -0.2) is 9.78 Å². The van der Waals surface area contributed by atoms with Gasteiger partial charge in [-0.2, -0.15) is 0 Å². The van der Waals surface area contributed by atoms with Crippen molar-refractivity contribution in [1.29, 1.82) is 0 Å². The average Bonchev–Trinajstić information content (AvgIpc) is 2.47. The van der Waals surface area contributed by atoms with E-state index in [9.17, 15) is 9.90 Å². The lowest BCUT2D eigenvalue weighted by atomic mass is 10.1. The number of pyridine rings is 2. The second-order valence-electron chi connectivity index (χ2n) is 5.25. The molecule has 0 aliphatic carbocycles. The maximum atomic E-state index is 11.2. The van der Waals surface area contributed by atoms with Gasteiger partial charge < -0.3 is 10.4 Å². The fraction of sp³-hybridized carbons (Fsp3) is 0.312. The first kappa shape index (κ1) is 15.0. The van der Waals surface area contributed by atoms with Crippen LogP contribution in [-0.4, -0.2) is 21.0 Å². The molecule has 0 fully saturated rings. The van der Waals surface area contributed by atoms with Crippen molar-refractivity contribution in [3.05, 3.63) is 53.5 Å². The normalized spacial score (nSPS) is 12.2. The van der Waals surface area contributed by atoms with Crippen LogP contribution >= 0.6 is 0 Å². The number of carboxylic acid groups (broad SMARTS) is 1. The van der Waals surface area contributed by atoms with Gasteiger partial charge in [-0.05, 0) is 37.1 Å². The monoisotopic (exact) mass is 285 g/mol. The first-order chi connectivity index (χ1) is 9.97. The van der Waals surface area contributed by atoms with Crippen LogP contribution in [0.25, 0.3) is 0 Å². The summed E-state index contributed by atoms with van der Waals surface area (Å²) in [5, 5.41) is 12.4. The Hall–Kier alpha value is -2.43. The van der Waals surface area contributed by atoms with Gasteiger partial charge in [0.15, 0.2) is 0 Å². The van der Waals surface area contributed by atoms with Gasteiger partial charge in [0.1, 0.15) is 5.82 Å². The maximum Gasteiger partial charge on any atom is 0.335 e. The third-order valence-corrected chi connectivity index (χ3v) is 3.18.